The third-order valence-electron chi connectivity index (χ3n) is 3.34. The summed E-state index contributed by atoms with van der Waals surface area (Å²) in [4.78, 5) is 7.76. The number of alkyl halides is 3. The van der Waals surface area contributed by atoms with E-state index in [1.54, 1.807) is 0 Å². The van der Waals surface area contributed by atoms with Crippen LogP contribution in [0.5, 0.6) is 0 Å². The summed E-state index contributed by atoms with van der Waals surface area (Å²) in [5, 5.41) is 6.27. The van der Waals surface area contributed by atoms with E-state index in [1.807, 2.05) is 0 Å². The maximum absolute atomic E-state index is 13.7. The molecule has 11 heteroatoms. The van der Waals surface area contributed by atoms with E-state index < -0.39 is 29.1 Å². The van der Waals surface area contributed by atoms with Gasteiger partial charge in [0.25, 0.3) is 0 Å². The van der Waals surface area contributed by atoms with E-state index in [9.17, 15) is 22.0 Å². The number of nitrogens with one attached hydrogen (secondary N) is 1. The summed E-state index contributed by atoms with van der Waals surface area (Å²) in [6.45, 7) is 3.56. The van der Waals surface area contributed by atoms with Crippen LogP contribution in [0.4, 0.5) is 27.1 Å². The number of rotatable bonds is 4. The molecule has 0 fully saturated rings. The van der Waals surface area contributed by atoms with Crippen LogP contribution in [0, 0.1) is 11.6 Å². The Bertz CT molecular complexity index is 955. The fourth-order valence-corrected chi connectivity index (χ4v) is 3.07. The van der Waals surface area contributed by atoms with Crippen molar-refractivity contribution in [2.45, 2.75) is 6.18 Å². The van der Waals surface area contributed by atoms with Crippen LogP contribution in [-0.2, 0) is 13.2 Å². The van der Waals surface area contributed by atoms with Crippen molar-refractivity contribution in [3.8, 4) is 10.6 Å². The van der Waals surface area contributed by atoms with Crippen LogP contribution >= 0.6 is 11.3 Å². The molecule has 3 aromatic rings. The van der Waals surface area contributed by atoms with Gasteiger partial charge in [0.1, 0.15) is 0 Å². The van der Waals surface area contributed by atoms with Gasteiger partial charge in [0.2, 0.25) is 0 Å². The van der Waals surface area contributed by atoms with Crippen LogP contribution in [-0.4, -0.2) is 19.7 Å². The molecule has 0 aromatic carbocycles. The minimum Gasteiger partial charge on any atom is -0.331 e. The van der Waals surface area contributed by atoms with Crippen LogP contribution in [0.2, 0.25) is 0 Å². The summed E-state index contributed by atoms with van der Waals surface area (Å²) in [7, 11) is 1.37. The number of nitrogens with zero attached hydrogens (tertiary/aromatic N) is 4. The Balaban J connectivity index is 1.85. The lowest BCUT2D eigenvalue weighted by molar-refractivity contribution is -0.141. The van der Waals surface area contributed by atoms with Crippen molar-refractivity contribution in [1.29, 1.82) is 0 Å². The lowest BCUT2D eigenvalue weighted by Crippen LogP contribution is -2.06. The van der Waals surface area contributed by atoms with Crippen LogP contribution < -0.4 is 5.32 Å². The van der Waals surface area contributed by atoms with Crippen LogP contribution in [0.25, 0.3) is 16.3 Å². The highest BCUT2D eigenvalue weighted by Gasteiger charge is 2.34. The number of pyridine rings is 1. The van der Waals surface area contributed by atoms with Gasteiger partial charge in [-0.2, -0.15) is 18.3 Å². The summed E-state index contributed by atoms with van der Waals surface area (Å²) >= 11 is 0.987. The van der Waals surface area contributed by atoms with Crippen molar-refractivity contribution in [3.63, 3.8) is 0 Å². The van der Waals surface area contributed by atoms with Crippen molar-refractivity contribution >= 4 is 22.2 Å². The predicted molar refractivity (Wildman–Crippen MR) is 86.1 cm³/mol. The quantitative estimate of drug-likeness (QED) is 0.678. The zero-order valence-electron chi connectivity index (χ0n) is 13.1. The molecular formula is C15H10F5N5S. The molecule has 0 bridgehead atoms. The first-order valence-corrected chi connectivity index (χ1v) is 7.81. The Morgan fingerprint density at radius 2 is 1.85 bits per heavy atom. The van der Waals surface area contributed by atoms with Crippen molar-refractivity contribution in [2.24, 2.45) is 7.05 Å². The summed E-state index contributed by atoms with van der Waals surface area (Å²) in [5.74, 6) is -1.80. The van der Waals surface area contributed by atoms with E-state index >= 15 is 0 Å². The van der Waals surface area contributed by atoms with Gasteiger partial charge in [-0.05, 0) is 6.07 Å². The topological polar surface area (TPSA) is 55.6 Å². The Morgan fingerprint density at radius 3 is 2.42 bits per heavy atom. The molecule has 0 amide bonds. The molecule has 3 aromatic heterocycles. The number of aryl methyl sites for hydroxylation is 1. The highest BCUT2D eigenvalue weighted by atomic mass is 32.1. The van der Waals surface area contributed by atoms with Crippen molar-refractivity contribution in [1.82, 2.24) is 19.7 Å². The summed E-state index contributed by atoms with van der Waals surface area (Å²) < 4.78 is 66.7. The summed E-state index contributed by atoms with van der Waals surface area (Å²) in [6.07, 6.45) is -1.55. The Labute approximate surface area is 147 Å². The second kappa shape index (κ2) is 6.48. The van der Waals surface area contributed by atoms with Gasteiger partial charge < -0.3 is 5.32 Å². The number of halogens is 5. The molecule has 3 rings (SSSR count). The first kappa shape index (κ1) is 18.0. The molecule has 26 heavy (non-hydrogen) atoms. The highest BCUT2D eigenvalue weighted by molar-refractivity contribution is 7.18. The predicted octanol–water partition coefficient (Wildman–Crippen LogP) is 4.32. The summed E-state index contributed by atoms with van der Waals surface area (Å²) in [6, 6.07) is 0.897. The maximum atomic E-state index is 13.7. The van der Waals surface area contributed by atoms with E-state index in [-0.39, 0.29) is 16.5 Å². The molecule has 0 aliphatic rings. The van der Waals surface area contributed by atoms with Gasteiger partial charge in [-0.1, -0.05) is 17.9 Å². The maximum Gasteiger partial charge on any atom is 0.435 e. The SMILES string of the molecule is C=C(Nc1ncc(-c2cc(C(F)(F)F)nn2C)s1)c1c(F)cncc1F. The third-order valence-corrected chi connectivity index (χ3v) is 4.28. The van der Waals surface area contributed by atoms with Gasteiger partial charge in [-0.25, -0.2) is 13.8 Å². The molecule has 0 atom stereocenters. The van der Waals surface area contributed by atoms with Gasteiger partial charge in [-0.3, -0.25) is 9.67 Å². The van der Waals surface area contributed by atoms with Crippen molar-refractivity contribution < 1.29 is 22.0 Å². The number of thiazole rings is 1. The van der Waals surface area contributed by atoms with Gasteiger partial charge in [0.05, 0.1) is 28.5 Å². The largest absolute Gasteiger partial charge is 0.435 e. The molecule has 0 aliphatic heterocycles. The molecular weight excluding hydrogens is 377 g/mol. The van der Waals surface area contributed by atoms with Crippen LogP contribution in [0.1, 0.15) is 11.3 Å². The van der Waals surface area contributed by atoms with Crippen LogP contribution in [0.3, 0.4) is 0 Å². The lowest BCUT2D eigenvalue weighted by atomic mass is 10.2. The van der Waals surface area contributed by atoms with Gasteiger partial charge in [0, 0.05) is 18.9 Å². The standard InChI is InChI=1S/C15H10F5N5S/c1-7(13-8(16)4-21-5-9(13)17)23-14-22-6-11(26-14)10-3-12(15(18,19)20)24-25(10)2/h3-6H,1H2,2H3,(H,22,23). The van der Waals surface area contributed by atoms with Gasteiger partial charge in [0.15, 0.2) is 22.5 Å². The first-order valence-electron chi connectivity index (χ1n) is 6.99. The Morgan fingerprint density at radius 1 is 1.19 bits per heavy atom. The first-order chi connectivity index (χ1) is 12.2. The minimum atomic E-state index is -4.56. The number of anilines is 1. The summed E-state index contributed by atoms with van der Waals surface area (Å²) in [5.41, 5.74) is -1.31. The van der Waals surface area contributed by atoms with E-state index in [0.717, 1.165) is 34.5 Å². The molecule has 0 unspecified atom stereocenters. The van der Waals surface area contributed by atoms with Crippen LogP contribution in [0.15, 0.2) is 31.2 Å². The molecule has 1 N–H and O–H groups in total. The molecule has 0 saturated heterocycles. The molecule has 0 saturated carbocycles. The Kier molecular flexibility index (Phi) is 4.48. The van der Waals surface area contributed by atoms with E-state index in [1.165, 1.54) is 13.2 Å². The lowest BCUT2D eigenvalue weighted by Gasteiger charge is -2.08. The van der Waals surface area contributed by atoms with Gasteiger partial charge in [-0.15, -0.1) is 0 Å². The van der Waals surface area contributed by atoms with E-state index in [2.05, 4.69) is 27.0 Å². The van der Waals surface area contributed by atoms with E-state index in [4.69, 9.17) is 0 Å². The number of aromatic nitrogens is 4. The molecule has 136 valence electrons. The normalized spacial score (nSPS) is 11.6. The minimum absolute atomic E-state index is 0.0933. The fourth-order valence-electron chi connectivity index (χ4n) is 2.18. The molecule has 3 heterocycles. The van der Waals surface area contributed by atoms with Gasteiger partial charge >= 0.3 is 6.18 Å². The smallest absolute Gasteiger partial charge is 0.331 e. The average Bonchev–Trinajstić information content (AvgIpc) is 3.13. The fraction of sp³-hybridized carbons (Fsp3) is 0.133. The number of hydrogen-bond donors (Lipinski definition) is 1. The molecule has 0 aliphatic carbocycles. The van der Waals surface area contributed by atoms with E-state index in [0.29, 0.717) is 4.88 Å². The highest BCUT2D eigenvalue weighted by Crippen LogP contribution is 2.35. The second-order valence-electron chi connectivity index (χ2n) is 5.15. The Hall–Kier alpha value is -2.82. The average molecular weight is 387 g/mol. The zero-order valence-corrected chi connectivity index (χ0v) is 13.9. The molecule has 5 nitrogen and oxygen atoms in total. The zero-order chi connectivity index (χ0) is 19.1. The van der Waals surface area contributed by atoms with Crippen molar-refractivity contribution in [3.05, 3.63) is 54.1 Å². The second-order valence-corrected chi connectivity index (χ2v) is 6.18. The molecule has 0 radical (unpaired) electrons. The van der Waals surface area contributed by atoms with Crippen molar-refractivity contribution in [2.75, 3.05) is 5.32 Å². The third kappa shape index (κ3) is 3.43. The number of hydrogen-bond acceptors (Lipinski definition) is 5. The molecule has 0 spiro atoms. The monoisotopic (exact) mass is 387 g/mol.